The quantitative estimate of drug-likeness (QED) is 0.876. The highest BCUT2D eigenvalue weighted by Crippen LogP contribution is 2.29. The molecule has 0 spiro atoms. The largest absolute Gasteiger partial charge is 0.395 e. The number of hydrogen-bond acceptors (Lipinski definition) is 4. The number of aliphatic hydroxyl groups excluding tert-OH is 1. The Labute approximate surface area is 117 Å². The number of carbonyl (C=O) groups is 1. The van der Waals surface area contributed by atoms with Crippen molar-refractivity contribution >= 4 is 11.6 Å². The first-order chi connectivity index (χ1) is 9.79. The number of nitrogens with zero attached hydrogens (tertiary/aromatic N) is 2. The predicted octanol–water partition coefficient (Wildman–Crippen LogP) is 1.16. The van der Waals surface area contributed by atoms with E-state index in [9.17, 15) is 4.79 Å². The smallest absolute Gasteiger partial charge is 0.267 e. The highest BCUT2D eigenvalue weighted by Gasteiger charge is 2.38. The molecule has 5 nitrogen and oxygen atoms in total. The number of oxime groups is 1. The highest BCUT2D eigenvalue weighted by atomic mass is 16.6. The maximum Gasteiger partial charge on any atom is 0.267 e. The molecule has 3 rings (SSSR count). The van der Waals surface area contributed by atoms with E-state index < -0.39 is 6.10 Å². The summed E-state index contributed by atoms with van der Waals surface area (Å²) in [7, 11) is 0. The zero-order chi connectivity index (χ0) is 13.9. The average molecular weight is 274 g/mol. The Morgan fingerprint density at radius 1 is 1.35 bits per heavy atom. The number of carbonyl (C=O) groups excluding carboxylic acids is 1. The summed E-state index contributed by atoms with van der Waals surface area (Å²) in [5.74, 6) is -0.0590. The van der Waals surface area contributed by atoms with Crippen molar-refractivity contribution < 1.29 is 14.7 Å². The molecule has 1 aromatic rings. The zero-order valence-corrected chi connectivity index (χ0v) is 11.2. The van der Waals surface area contributed by atoms with E-state index in [0.29, 0.717) is 13.0 Å². The SMILES string of the molecule is O=C(C1CC(c2ccccc2)=NO1)N(CCO)C1CC1. The fourth-order valence-electron chi connectivity index (χ4n) is 2.46. The van der Waals surface area contributed by atoms with Gasteiger partial charge in [-0.25, -0.2) is 0 Å². The summed E-state index contributed by atoms with van der Waals surface area (Å²) >= 11 is 0. The van der Waals surface area contributed by atoms with Crippen molar-refractivity contribution in [1.29, 1.82) is 0 Å². The monoisotopic (exact) mass is 274 g/mol. The summed E-state index contributed by atoms with van der Waals surface area (Å²) in [5, 5.41) is 13.1. The van der Waals surface area contributed by atoms with E-state index in [2.05, 4.69) is 5.16 Å². The van der Waals surface area contributed by atoms with Gasteiger partial charge in [-0.05, 0) is 18.4 Å². The minimum absolute atomic E-state index is 0.0125. The molecule has 2 aliphatic rings. The van der Waals surface area contributed by atoms with Crippen LogP contribution in [0.25, 0.3) is 0 Å². The molecule has 20 heavy (non-hydrogen) atoms. The van der Waals surface area contributed by atoms with Gasteiger partial charge in [0.05, 0.1) is 12.3 Å². The second-order valence-electron chi connectivity index (χ2n) is 5.19. The Balaban J connectivity index is 1.64. The fourth-order valence-corrected chi connectivity index (χ4v) is 2.46. The first kappa shape index (κ1) is 13.1. The molecular formula is C15H18N2O3. The van der Waals surface area contributed by atoms with Crippen LogP contribution in [-0.2, 0) is 9.63 Å². The van der Waals surface area contributed by atoms with Gasteiger partial charge >= 0.3 is 0 Å². The topological polar surface area (TPSA) is 62.1 Å². The van der Waals surface area contributed by atoms with E-state index in [-0.39, 0.29) is 18.6 Å². The summed E-state index contributed by atoms with van der Waals surface area (Å²) in [6.45, 7) is 0.366. The second kappa shape index (κ2) is 5.63. The van der Waals surface area contributed by atoms with E-state index in [1.165, 1.54) is 0 Å². The van der Waals surface area contributed by atoms with E-state index in [4.69, 9.17) is 9.94 Å². The van der Waals surface area contributed by atoms with Gasteiger partial charge in [0.1, 0.15) is 0 Å². The van der Waals surface area contributed by atoms with Gasteiger partial charge in [-0.2, -0.15) is 0 Å². The second-order valence-corrected chi connectivity index (χ2v) is 5.19. The van der Waals surface area contributed by atoms with Crippen LogP contribution in [0.1, 0.15) is 24.8 Å². The van der Waals surface area contributed by atoms with Crippen LogP contribution in [0.5, 0.6) is 0 Å². The molecule has 1 heterocycles. The van der Waals surface area contributed by atoms with Gasteiger partial charge in [0.15, 0.2) is 0 Å². The van der Waals surface area contributed by atoms with Crippen molar-refractivity contribution in [3.63, 3.8) is 0 Å². The minimum Gasteiger partial charge on any atom is -0.395 e. The lowest BCUT2D eigenvalue weighted by Crippen LogP contribution is -2.42. The van der Waals surface area contributed by atoms with Crippen LogP contribution in [0.15, 0.2) is 35.5 Å². The van der Waals surface area contributed by atoms with Crippen molar-refractivity contribution in [3.8, 4) is 0 Å². The van der Waals surface area contributed by atoms with Gasteiger partial charge in [-0.15, -0.1) is 0 Å². The van der Waals surface area contributed by atoms with Crippen molar-refractivity contribution in [3.05, 3.63) is 35.9 Å². The van der Waals surface area contributed by atoms with Crippen LogP contribution in [0.2, 0.25) is 0 Å². The molecule has 1 atom stereocenters. The Kier molecular flexibility index (Phi) is 3.69. The number of hydrogen-bond donors (Lipinski definition) is 1. The summed E-state index contributed by atoms with van der Waals surface area (Å²) in [4.78, 5) is 19.4. The molecule has 0 saturated heterocycles. The van der Waals surface area contributed by atoms with Crippen molar-refractivity contribution in [1.82, 2.24) is 4.90 Å². The maximum absolute atomic E-state index is 12.4. The third-order valence-corrected chi connectivity index (χ3v) is 3.66. The van der Waals surface area contributed by atoms with Crippen LogP contribution in [-0.4, -0.2) is 46.9 Å². The highest BCUT2D eigenvalue weighted by molar-refractivity contribution is 6.04. The molecule has 1 unspecified atom stereocenters. The van der Waals surface area contributed by atoms with Gasteiger partial charge in [0.25, 0.3) is 5.91 Å². The molecule has 106 valence electrons. The first-order valence-corrected chi connectivity index (χ1v) is 6.99. The Morgan fingerprint density at radius 3 is 2.75 bits per heavy atom. The van der Waals surface area contributed by atoms with Gasteiger partial charge in [0, 0.05) is 19.0 Å². The lowest BCUT2D eigenvalue weighted by molar-refractivity contribution is -0.143. The Hall–Kier alpha value is -1.88. The molecule has 1 amide bonds. The average Bonchev–Trinajstić information content (AvgIpc) is 3.21. The van der Waals surface area contributed by atoms with Gasteiger partial charge in [-0.1, -0.05) is 35.5 Å². The van der Waals surface area contributed by atoms with E-state index >= 15 is 0 Å². The minimum atomic E-state index is -0.544. The van der Waals surface area contributed by atoms with Gasteiger partial charge in [0.2, 0.25) is 6.10 Å². The predicted molar refractivity (Wildman–Crippen MR) is 74.3 cm³/mol. The van der Waals surface area contributed by atoms with E-state index in [1.807, 2.05) is 30.3 Å². The first-order valence-electron chi connectivity index (χ1n) is 6.99. The van der Waals surface area contributed by atoms with Crippen LogP contribution in [0.4, 0.5) is 0 Å². The van der Waals surface area contributed by atoms with Crippen LogP contribution in [0.3, 0.4) is 0 Å². The molecule has 0 radical (unpaired) electrons. The molecule has 1 fully saturated rings. The molecule has 5 heteroatoms. The van der Waals surface area contributed by atoms with E-state index in [1.54, 1.807) is 4.90 Å². The maximum atomic E-state index is 12.4. The summed E-state index contributed by atoms with van der Waals surface area (Å²) in [6, 6.07) is 10.0. The Morgan fingerprint density at radius 2 is 2.10 bits per heavy atom. The molecular weight excluding hydrogens is 256 g/mol. The molecule has 1 aliphatic heterocycles. The lowest BCUT2D eigenvalue weighted by Gasteiger charge is -2.23. The Bertz CT molecular complexity index is 511. The molecule has 1 aromatic carbocycles. The van der Waals surface area contributed by atoms with Gasteiger partial charge in [-0.3, -0.25) is 4.79 Å². The van der Waals surface area contributed by atoms with Crippen molar-refractivity contribution in [2.45, 2.75) is 31.4 Å². The summed E-state index contributed by atoms with van der Waals surface area (Å²) in [5.41, 5.74) is 1.80. The number of rotatable bonds is 5. The third kappa shape index (κ3) is 2.67. The molecule has 0 aromatic heterocycles. The van der Waals surface area contributed by atoms with Crippen molar-refractivity contribution in [2.75, 3.05) is 13.2 Å². The molecule has 1 N–H and O–H groups in total. The lowest BCUT2D eigenvalue weighted by atomic mass is 10.0. The van der Waals surface area contributed by atoms with Gasteiger partial charge < -0.3 is 14.8 Å². The van der Waals surface area contributed by atoms with E-state index in [0.717, 1.165) is 24.1 Å². The number of benzene rings is 1. The standard InChI is InChI=1S/C15H18N2O3/c18-9-8-17(12-6-7-12)15(19)14-10-13(16-20-14)11-4-2-1-3-5-11/h1-5,12,14,18H,6-10H2. The molecule has 1 aliphatic carbocycles. The van der Waals surface area contributed by atoms with Crippen LogP contribution < -0.4 is 0 Å². The number of amides is 1. The molecule has 0 bridgehead atoms. The number of aliphatic hydroxyl groups is 1. The summed E-state index contributed by atoms with van der Waals surface area (Å²) in [6.07, 6.45) is 1.99. The molecule has 1 saturated carbocycles. The van der Waals surface area contributed by atoms with Crippen LogP contribution in [0, 0.1) is 0 Å². The normalized spacial score (nSPS) is 21.2. The van der Waals surface area contributed by atoms with Crippen molar-refractivity contribution in [2.24, 2.45) is 5.16 Å². The zero-order valence-electron chi connectivity index (χ0n) is 11.2. The third-order valence-electron chi connectivity index (χ3n) is 3.66. The fraction of sp³-hybridized carbons (Fsp3) is 0.467. The van der Waals surface area contributed by atoms with Crippen LogP contribution >= 0.6 is 0 Å². The summed E-state index contributed by atoms with van der Waals surface area (Å²) < 4.78 is 0.